The Hall–Kier alpha value is -3.08. The van der Waals surface area contributed by atoms with Gasteiger partial charge in [0.1, 0.15) is 0 Å². The van der Waals surface area contributed by atoms with Gasteiger partial charge in [-0.05, 0) is 12.1 Å². The molecule has 1 aromatic carbocycles. The highest BCUT2D eigenvalue weighted by molar-refractivity contribution is 7.88. The lowest BCUT2D eigenvalue weighted by atomic mass is 10.1. The second-order valence-corrected chi connectivity index (χ2v) is 12.2. The molecule has 0 amide bonds. The molecule has 4 aromatic rings. The van der Waals surface area contributed by atoms with Crippen molar-refractivity contribution in [1.29, 1.82) is 0 Å². The van der Waals surface area contributed by atoms with Crippen LogP contribution in [0, 0.1) is 11.8 Å². The van der Waals surface area contributed by atoms with Crippen molar-refractivity contribution in [2.45, 2.75) is 0 Å². The Balaban J connectivity index is 1.30. The average Bonchev–Trinajstić information content (AvgIpc) is 3.55. The summed E-state index contributed by atoms with van der Waals surface area (Å²) in [6.07, 6.45) is 3.08. The number of morpholine rings is 1. The minimum Gasteiger partial charge on any atom is -0.378 e. The third-order valence-electron chi connectivity index (χ3n) is 6.70. The normalized spacial score (nSPS) is 17.8. The summed E-state index contributed by atoms with van der Waals surface area (Å²) in [5.74, 6) is 8.17. The summed E-state index contributed by atoms with van der Waals surface area (Å²) in [5, 5.41) is 8.21. The number of rotatable bonds is 4. The summed E-state index contributed by atoms with van der Waals surface area (Å²) in [4.78, 5) is 15.4. The number of thiophene rings is 1. The van der Waals surface area contributed by atoms with Crippen LogP contribution in [0.4, 0.5) is 5.82 Å². The first-order chi connectivity index (χ1) is 18.0. The van der Waals surface area contributed by atoms with Crippen LogP contribution >= 0.6 is 11.3 Å². The number of ether oxygens (including phenoxy) is 1. The molecular weight excluding hydrogens is 510 g/mol. The van der Waals surface area contributed by atoms with Gasteiger partial charge in [-0.1, -0.05) is 24.0 Å². The highest BCUT2D eigenvalue weighted by atomic mass is 32.2. The van der Waals surface area contributed by atoms with E-state index < -0.39 is 10.0 Å². The van der Waals surface area contributed by atoms with E-state index in [9.17, 15) is 8.42 Å². The van der Waals surface area contributed by atoms with Crippen LogP contribution in [-0.4, -0.2) is 103 Å². The molecule has 2 aliphatic heterocycles. The van der Waals surface area contributed by atoms with E-state index in [4.69, 9.17) is 14.7 Å². The number of sulfonamides is 1. The first kappa shape index (κ1) is 24.3. The fourth-order valence-electron chi connectivity index (χ4n) is 4.71. The van der Waals surface area contributed by atoms with Crippen molar-refractivity contribution < 1.29 is 13.2 Å². The van der Waals surface area contributed by atoms with Gasteiger partial charge in [-0.2, -0.15) is 9.40 Å². The van der Waals surface area contributed by atoms with E-state index in [1.54, 1.807) is 11.3 Å². The first-order valence-electron chi connectivity index (χ1n) is 12.2. The number of anilines is 1. The van der Waals surface area contributed by atoms with Crippen molar-refractivity contribution in [1.82, 2.24) is 29.4 Å². The molecule has 2 saturated heterocycles. The number of nitrogens with zero attached hydrogens (tertiary/aromatic N) is 6. The standard InChI is InChI=1S/C25H27N7O3S2/c1-37(33,34)32-10-8-30(9-11-32)7-3-4-18-16-22-23(36-18)25(31-12-14-35-15-13-31)28-24(27-22)19-5-2-6-21-20(19)17-26-29-21/h2,5-6,16-17H,7-15H2,1H3,(H,26,29). The molecule has 12 heteroatoms. The first-order valence-corrected chi connectivity index (χ1v) is 14.9. The second kappa shape index (κ2) is 10.00. The maximum atomic E-state index is 11.7. The van der Waals surface area contributed by atoms with Crippen LogP contribution in [0.2, 0.25) is 0 Å². The molecule has 2 fully saturated rings. The fraction of sp³-hybridized carbons (Fsp3) is 0.400. The SMILES string of the molecule is CS(=O)(=O)N1CCN(CC#Cc2cc3nc(-c4cccc5[nH]ncc45)nc(N4CCOCC4)c3s2)CC1. The highest BCUT2D eigenvalue weighted by Crippen LogP contribution is 2.35. The van der Waals surface area contributed by atoms with Crippen molar-refractivity contribution in [3.05, 3.63) is 35.3 Å². The lowest BCUT2D eigenvalue weighted by Crippen LogP contribution is -2.48. The molecule has 0 saturated carbocycles. The molecule has 0 atom stereocenters. The predicted molar refractivity (Wildman–Crippen MR) is 145 cm³/mol. The zero-order valence-corrected chi connectivity index (χ0v) is 22.1. The zero-order chi connectivity index (χ0) is 25.4. The smallest absolute Gasteiger partial charge is 0.211 e. The number of hydrogen-bond donors (Lipinski definition) is 1. The predicted octanol–water partition coefficient (Wildman–Crippen LogP) is 2.00. The van der Waals surface area contributed by atoms with E-state index in [0.717, 1.165) is 50.5 Å². The topological polar surface area (TPSA) is 108 Å². The molecule has 0 bridgehead atoms. The maximum Gasteiger partial charge on any atom is 0.211 e. The van der Waals surface area contributed by atoms with Crippen LogP contribution < -0.4 is 4.90 Å². The Labute approximate surface area is 219 Å². The van der Waals surface area contributed by atoms with E-state index in [1.807, 2.05) is 30.5 Å². The third-order valence-corrected chi connectivity index (χ3v) is 9.04. The van der Waals surface area contributed by atoms with E-state index in [-0.39, 0.29) is 0 Å². The molecule has 1 N–H and O–H groups in total. The van der Waals surface area contributed by atoms with Crippen LogP contribution in [0.3, 0.4) is 0 Å². The molecule has 3 aromatic heterocycles. The maximum absolute atomic E-state index is 11.7. The van der Waals surface area contributed by atoms with Crippen molar-refractivity contribution in [3.63, 3.8) is 0 Å². The van der Waals surface area contributed by atoms with Gasteiger partial charge in [0.05, 0.1) is 52.8 Å². The Morgan fingerprint density at radius 2 is 1.92 bits per heavy atom. The Morgan fingerprint density at radius 3 is 2.70 bits per heavy atom. The minimum atomic E-state index is -3.13. The lowest BCUT2D eigenvalue weighted by molar-refractivity contribution is 0.122. The van der Waals surface area contributed by atoms with Crippen molar-refractivity contribution in [3.8, 4) is 23.2 Å². The van der Waals surface area contributed by atoms with Gasteiger partial charge < -0.3 is 9.64 Å². The summed E-state index contributed by atoms with van der Waals surface area (Å²) < 4.78 is 31.6. The summed E-state index contributed by atoms with van der Waals surface area (Å²) in [6.45, 7) is 5.88. The van der Waals surface area contributed by atoms with Crippen LogP contribution in [0.15, 0.2) is 30.5 Å². The summed E-state index contributed by atoms with van der Waals surface area (Å²) in [6, 6.07) is 8.04. The van der Waals surface area contributed by atoms with E-state index in [0.29, 0.717) is 51.8 Å². The fourth-order valence-corrected chi connectivity index (χ4v) is 6.52. The van der Waals surface area contributed by atoms with Crippen LogP contribution in [0.5, 0.6) is 0 Å². The van der Waals surface area contributed by atoms with Gasteiger partial charge in [-0.3, -0.25) is 10.00 Å². The van der Waals surface area contributed by atoms with Gasteiger partial charge in [0, 0.05) is 50.2 Å². The van der Waals surface area contributed by atoms with E-state index in [1.165, 1.54) is 10.6 Å². The van der Waals surface area contributed by atoms with Crippen molar-refractivity contribution >= 4 is 48.3 Å². The Kier molecular flexibility index (Phi) is 6.56. The molecule has 5 heterocycles. The average molecular weight is 538 g/mol. The molecular formula is C25H27N7O3S2. The monoisotopic (exact) mass is 537 g/mol. The van der Waals surface area contributed by atoms with Crippen LogP contribution in [0.1, 0.15) is 4.88 Å². The largest absolute Gasteiger partial charge is 0.378 e. The Morgan fingerprint density at radius 1 is 1.11 bits per heavy atom. The van der Waals surface area contributed by atoms with Gasteiger partial charge >= 0.3 is 0 Å². The second-order valence-electron chi connectivity index (χ2n) is 9.17. The van der Waals surface area contributed by atoms with Gasteiger partial charge in [-0.25, -0.2) is 18.4 Å². The number of fused-ring (bicyclic) bond motifs is 2. The van der Waals surface area contributed by atoms with Gasteiger partial charge in [0.2, 0.25) is 10.0 Å². The number of aromatic nitrogens is 4. The van der Waals surface area contributed by atoms with Crippen LogP contribution in [-0.2, 0) is 14.8 Å². The molecule has 6 rings (SSSR count). The van der Waals surface area contributed by atoms with E-state index >= 15 is 0 Å². The lowest BCUT2D eigenvalue weighted by Gasteiger charge is -2.31. The number of aromatic amines is 1. The van der Waals surface area contributed by atoms with Gasteiger partial charge in [0.25, 0.3) is 0 Å². The summed E-state index contributed by atoms with van der Waals surface area (Å²) >= 11 is 1.61. The van der Waals surface area contributed by atoms with E-state index in [2.05, 4.69) is 31.8 Å². The minimum absolute atomic E-state index is 0.508. The summed E-state index contributed by atoms with van der Waals surface area (Å²) in [7, 11) is -3.13. The molecule has 192 valence electrons. The van der Waals surface area contributed by atoms with Gasteiger partial charge in [-0.15, -0.1) is 11.3 Å². The van der Waals surface area contributed by atoms with Crippen molar-refractivity contribution in [2.24, 2.45) is 0 Å². The summed E-state index contributed by atoms with van der Waals surface area (Å²) in [5.41, 5.74) is 2.76. The quantitative estimate of drug-likeness (QED) is 0.394. The van der Waals surface area contributed by atoms with Crippen LogP contribution in [0.25, 0.3) is 32.5 Å². The number of benzene rings is 1. The number of hydrogen-bond acceptors (Lipinski definition) is 9. The third kappa shape index (κ3) is 5.05. The molecule has 10 nitrogen and oxygen atoms in total. The molecule has 0 aliphatic carbocycles. The molecule has 0 spiro atoms. The molecule has 2 aliphatic rings. The molecule has 0 unspecified atom stereocenters. The number of nitrogens with one attached hydrogen (secondary N) is 1. The molecule has 0 radical (unpaired) electrons. The zero-order valence-electron chi connectivity index (χ0n) is 20.5. The number of H-pyrrole nitrogens is 1. The molecule has 37 heavy (non-hydrogen) atoms. The Bertz CT molecular complexity index is 1610. The highest BCUT2D eigenvalue weighted by Gasteiger charge is 2.23. The number of piperazine rings is 1. The van der Waals surface area contributed by atoms with Gasteiger partial charge in [0.15, 0.2) is 11.6 Å². The van der Waals surface area contributed by atoms with Crippen molar-refractivity contribution in [2.75, 3.05) is 70.2 Å².